The van der Waals surface area contributed by atoms with Crippen LogP contribution in [0.4, 0.5) is 4.39 Å². The third-order valence-electron chi connectivity index (χ3n) is 5.51. The van der Waals surface area contributed by atoms with Gasteiger partial charge in [0.1, 0.15) is 5.82 Å². The van der Waals surface area contributed by atoms with E-state index in [9.17, 15) is 9.50 Å². The highest BCUT2D eigenvalue weighted by Crippen LogP contribution is 2.46. The zero-order valence-corrected chi connectivity index (χ0v) is 15.0. The van der Waals surface area contributed by atoms with Gasteiger partial charge < -0.3 is 5.11 Å². The van der Waals surface area contributed by atoms with Crippen molar-refractivity contribution in [2.45, 2.75) is 55.1 Å². The normalized spacial score (nSPS) is 29.1. The fourth-order valence-corrected chi connectivity index (χ4v) is 4.65. The molecule has 1 aromatic heterocycles. The van der Waals surface area contributed by atoms with Gasteiger partial charge in [-0.25, -0.2) is 14.4 Å². The molecule has 0 spiro atoms. The summed E-state index contributed by atoms with van der Waals surface area (Å²) in [5.41, 5.74) is 0.881. The number of benzene rings is 1. The van der Waals surface area contributed by atoms with Crippen molar-refractivity contribution in [1.29, 1.82) is 0 Å². The van der Waals surface area contributed by atoms with Crippen LogP contribution in [-0.4, -0.2) is 38.3 Å². The van der Waals surface area contributed by atoms with E-state index in [4.69, 9.17) is 0 Å². The predicted molar refractivity (Wildman–Crippen MR) is 95.7 cm³/mol. The number of nitrogens with zero attached hydrogens (tertiary/aromatic N) is 3. The van der Waals surface area contributed by atoms with Crippen molar-refractivity contribution in [3.8, 4) is 0 Å². The largest absolute Gasteiger partial charge is 0.385 e. The average Bonchev–Trinajstić information content (AvgIpc) is 2.86. The summed E-state index contributed by atoms with van der Waals surface area (Å²) in [7, 11) is 0. The summed E-state index contributed by atoms with van der Waals surface area (Å²) in [5, 5.41) is 12.0. The predicted octanol–water partition coefficient (Wildman–Crippen LogP) is 3.35. The van der Waals surface area contributed by atoms with E-state index in [1.54, 1.807) is 6.07 Å². The van der Waals surface area contributed by atoms with Crippen molar-refractivity contribution in [2.24, 2.45) is 0 Å². The van der Waals surface area contributed by atoms with Gasteiger partial charge in [0.15, 0.2) is 5.16 Å². The second kappa shape index (κ2) is 6.67. The molecule has 2 atom stereocenters. The van der Waals surface area contributed by atoms with E-state index in [-0.39, 0.29) is 5.82 Å². The second-order valence-electron chi connectivity index (χ2n) is 7.09. The van der Waals surface area contributed by atoms with E-state index in [1.807, 2.05) is 24.7 Å². The van der Waals surface area contributed by atoms with Crippen LogP contribution in [0, 0.1) is 5.82 Å². The zero-order chi connectivity index (χ0) is 17.4. The Bertz CT molecular complexity index is 741. The summed E-state index contributed by atoms with van der Waals surface area (Å²) in [6.45, 7) is 0.809. The lowest BCUT2D eigenvalue weighted by atomic mass is 9.80. The topological polar surface area (TPSA) is 49.2 Å². The quantitative estimate of drug-likeness (QED) is 0.670. The highest BCUT2D eigenvalue weighted by molar-refractivity contribution is 7.98. The Morgan fingerprint density at radius 2 is 1.92 bits per heavy atom. The van der Waals surface area contributed by atoms with Crippen molar-refractivity contribution < 1.29 is 9.50 Å². The lowest BCUT2D eigenvalue weighted by Crippen LogP contribution is -2.49. The van der Waals surface area contributed by atoms with Gasteiger partial charge in [-0.3, -0.25) is 4.90 Å². The standard InChI is InChI=1S/C19H22FN3OS/c1-25-18-21-10-13(11-22-18)12-23-16-5-6-17(23)9-19(24,8-16)14-3-2-4-15(20)7-14/h2-4,7,10-11,16-17,24H,5-6,8-9,12H2,1H3. The Morgan fingerprint density at radius 1 is 1.24 bits per heavy atom. The van der Waals surface area contributed by atoms with Gasteiger partial charge in [0, 0.05) is 36.6 Å². The Hall–Kier alpha value is -1.50. The Balaban J connectivity index is 1.51. The first-order chi connectivity index (χ1) is 12.1. The van der Waals surface area contributed by atoms with Crippen molar-refractivity contribution in [3.05, 3.63) is 53.6 Å². The third kappa shape index (κ3) is 3.30. The van der Waals surface area contributed by atoms with Gasteiger partial charge in [0.2, 0.25) is 0 Å². The molecular weight excluding hydrogens is 337 g/mol. The Kier molecular flexibility index (Phi) is 4.52. The molecule has 1 aromatic carbocycles. The Morgan fingerprint density at radius 3 is 2.52 bits per heavy atom. The molecule has 6 heteroatoms. The summed E-state index contributed by atoms with van der Waals surface area (Å²) in [6, 6.07) is 7.05. The number of hydrogen-bond donors (Lipinski definition) is 1. The van der Waals surface area contributed by atoms with Gasteiger partial charge >= 0.3 is 0 Å². The summed E-state index contributed by atoms with van der Waals surface area (Å²) in [6.07, 6.45) is 9.20. The molecule has 2 unspecified atom stereocenters. The molecule has 3 heterocycles. The van der Waals surface area contributed by atoms with Crippen molar-refractivity contribution in [2.75, 3.05) is 6.26 Å². The molecule has 1 N–H and O–H groups in total. The molecule has 0 radical (unpaired) electrons. The van der Waals surface area contributed by atoms with E-state index < -0.39 is 5.60 Å². The van der Waals surface area contributed by atoms with E-state index >= 15 is 0 Å². The smallest absolute Gasteiger partial charge is 0.187 e. The summed E-state index contributed by atoms with van der Waals surface area (Å²) < 4.78 is 13.6. The minimum Gasteiger partial charge on any atom is -0.385 e. The van der Waals surface area contributed by atoms with Crippen molar-refractivity contribution in [1.82, 2.24) is 14.9 Å². The number of aromatic nitrogens is 2. The molecule has 0 aliphatic carbocycles. The number of hydrogen-bond acceptors (Lipinski definition) is 5. The molecule has 2 bridgehead atoms. The maximum absolute atomic E-state index is 13.6. The maximum Gasteiger partial charge on any atom is 0.187 e. The number of piperidine rings is 1. The molecule has 0 saturated carbocycles. The van der Waals surface area contributed by atoms with E-state index in [0.717, 1.165) is 30.1 Å². The van der Waals surface area contributed by atoms with Crippen molar-refractivity contribution >= 4 is 11.8 Å². The minimum atomic E-state index is -0.927. The summed E-state index contributed by atoms with van der Waals surface area (Å²) in [5.74, 6) is -0.285. The molecule has 4 nitrogen and oxygen atoms in total. The fraction of sp³-hybridized carbons (Fsp3) is 0.474. The number of thioether (sulfide) groups is 1. The van der Waals surface area contributed by atoms with Crippen molar-refractivity contribution in [3.63, 3.8) is 0 Å². The van der Waals surface area contributed by atoms with Gasteiger partial charge in [-0.15, -0.1) is 0 Å². The second-order valence-corrected chi connectivity index (χ2v) is 7.86. The third-order valence-corrected chi connectivity index (χ3v) is 6.09. The molecule has 2 aliphatic rings. The molecule has 25 heavy (non-hydrogen) atoms. The van der Waals surface area contributed by atoms with Crippen LogP contribution in [0.5, 0.6) is 0 Å². The first kappa shape index (κ1) is 16.9. The monoisotopic (exact) mass is 359 g/mol. The lowest BCUT2D eigenvalue weighted by molar-refractivity contribution is -0.0597. The molecule has 132 valence electrons. The molecular formula is C19H22FN3OS. The molecule has 2 fully saturated rings. The molecule has 2 aliphatic heterocycles. The van der Waals surface area contributed by atoms with Crippen LogP contribution in [0.1, 0.15) is 36.8 Å². The van der Waals surface area contributed by atoms with E-state index in [0.29, 0.717) is 30.5 Å². The summed E-state index contributed by atoms with van der Waals surface area (Å²) >= 11 is 1.54. The molecule has 0 amide bonds. The first-order valence-electron chi connectivity index (χ1n) is 8.66. The lowest BCUT2D eigenvalue weighted by Gasteiger charge is -2.44. The Labute approximate surface area is 151 Å². The van der Waals surface area contributed by atoms with Gasteiger partial charge in [-0.2, -0.15) is 0 Å². The highest BCUT2D eigenvalue weighted by Gasteiger charge is 2.48. The van der Waals surface area contributed by atoms with Crippen LogP contribution in [0.15, 0.2) is 41.8 Å². The zero-order valence-electron chi connectivity index (χ0n) is 14.2. The van der Waals surface area contributed by atoms with E-state index in [2.05, 4.69) is 14.9 Å². The van der Waals surface area contributed by atoms with Gasteiger partial charge in [0.25, 0.3) is 0 Å². The van der Waals surface area contributed by atoms with E-state index in [1.165, 1.54) is 23.9 Å². The average molecular weight is 359 g/mol. The first-order valence-corrected chi connectivity index (χ1v) is 9.89. The van der Waals surface area contributed by atoms with Gasteiger partial charge in [0.05, 0.1) is 5.60 Å². The molecule has 4 rings (SSSR count). The minimum absolute atomic E-state index is 0.285. The van der Waals surface area contributed by atoms with Gasteiger partial charge in [-0.05, 0) is 49.6 Å². The molecule has 2 aromatic rings. The van der Waals surface area contributed by atoms with Crippen LogP contribution >= 0.6 is 11.8 Å². The molecule has 2 saturated heterocycles. The number of halogens is 1. The highest BCUT2D eigenvalue weighted by atomic mass is 32.2. The van der Waals surface area contributed by atoms with Crippen LogP contribution in [0.2, 0.25) is 0 Å². The van der Waals surface area contributed by atoms with Crippen LogP contribution in [0.25, 0.3) is 0 Å². The SMILES string of the molecule is CSc1ncc(CN2C3CCC2CC(O)(c2cccc(F)c2)C3)cn1. The number of rotatable bonds is 4. The summed E-state index contributed by atoms with van der Waals surface area (Å²) in [4.78, 5) is 11.2. The van der Waals surface area contributed by atoms with Crippen LogP contribution in [-0.2, 0) is 12.1 Å². The number of fused-ring (bicyclic) bond motifs is 2. The van der Waals surface area contributed by atoms with Crippen LogP contribution in [0.3, 0.4) is 0 Å². The fourth-order valence-electron chi connectivity index (χ4n) is 4.33. The maximum atomic E-state index is 13.6. The van der Waals surface area contributed by atoms with Crippen LogP contribution < -0.4 is 0 Å². The van der Waals surface area contributed by atoms with Gasteiger partial charge in [-0.1, -0.05) is 23.9 Å². The number of aliphatic hydroxyl groups is 1.